The maximum Gasteiger partial charge on any atom is 0.319 e. The van der Waals surface area contributed by atoms with Crippen molar-refractivity contribution < 1.29 is 19.0 Å². The monoisotopic (exact) mass is 555 g/mol. The van der Waals surface area contributed by atoms with Gasteiger partial charge in [-0.05, 0) is 74.5 Å². The molecule has 2 aromatic heterocycles. The lowest BCUT2D eigenvalue weighted by atomic mass is 9.78. The summed E-state index contributed by atoms with van der Waals surface area (Å²) in [6.07, 6.45) is 8.38. The smallest absolute Gasteiger partial charge is 0.319 e. The minimum Gasteiger partial charge on any atom is -0.508 e. The molecule has 1 spiro atoms. The van der Waals surface area contributed by atoms with E-state index in [9.17, 15) is 5.11 Å². The molecule has 4 aliphatic rings. The molecule has 0 unspecified atom stereocenters. The molecule has 6 heterocycles. The molecule has 0 radical (unpaired) electrons. The number of benzene rings is 2. The van der Waals surface area contributed by atoms with Crippen LogP contribution in [0, 0.1) is 11.2 Å². The van der Waals surface area contributed by atoms with Crippen LogP contribution in [-0.2, 0) is 4.74 Å². The number of phenols is 1. The molecule has 212 valence electrons. The largest absolute Gasteiger partial charge is 0.508 e. The Labute approximate surface area is 238 Å². The molecular formula is C32H34FN5O3. The van der Waals surface area contributed by atoms with Gasteiger partial charge in [0.1, 0.15) is 29.4 Å². The third-order valence-electron chi connectivity index (χ3n) is 9.80. The first-order chi connectivity index (χ1) is 20.0. The van der Waals surface area contributed by atoms with E-state index >= 15 is 4.39 Å². The van der Waals surface area contributed by atoms with Crippen LogP contribution in [0.3, 0.4) is 0 Å². The zero-order chi connectivity index (χ0) is 27.6. The Balaban J connectivity index is 1.25. The lowest BCUT2D eigenvalue weighted by Gasteiger charge is -2.48. The average molecular weight is 556 g/mol. The van der Waals surface area contributed by atoms with Crippen LogP contribution >= 0.6 is 0 Å². The second kappa shape index (κ2) is 9.49. The topological polar surface area (TPSA) is 83.8 Å². The highest BCUT2D eigenvalue weighted by atomic mass is 19.1. The molecule has 4 fully saturated rings. The SMILES string of the molecule is Oc1cc(-c2ncc3c(N4CCCC5(COC5)C4)nc(OCC45CCCN4CCC5)nc3c2F)c2ccccc2c1. The number of aromatic hydroxyl groups is 1. The first-order valence-corrected chi connectivity index (χ1v) is 14.8. The van der Waals surface area contributed by atoms with Crippen molar-refractivity contribution in [1.29, 1.82) is 0 Å². The van der Waals surface area contributed by atoms with Gasteiger partial charge >= 0.3 is 6.01 Å². The Hall–Kier alpha value is -3.56. The van der Waals surface area contributed by atoms with E-state index in [1.807, 2.05) is 24.3 Å². The normalized spacial score (nSPS) is 21.4. The number of halogens is 1. The van der Waals surface area contributed by atoms with Crippen LogP contribution in [0.4, 0.5) is 10.2 Å². The molecule has 4 saturated heterocycles. The standard InChI is InChI=1S/C32H34FN5O3/c33-26-27(24-15-22(39)14-21-6-1-2-7-23(21)24)34-16-25-28(26)35-30(41-20-32-9-4-12-38(32)13-5-10-32)36-29(25)37-11-3-8-31(17-37)18-40-19-31/h1-2,6-7,14-16,39H,3-5,8-13,17-20H2. The van der Waals surface area contributed by atoms with Gasteiger partial charge in [0, 0.05) is 30.3 Å². The third-order valence-corrected chi connectivity index (χ3v) is 9.80. The summed E-state index contributed by atoms with van der Waals surface area (Å²) in [7, 11) is 0. The Kier molecular flexibility index (Phi) is 5.83. The molecule has 9 heteroatoms. The number of fused-ring (bicyclic) bond motifs is 3. The van der Waals surface area contributed by atoms with E-state index in [-0.39, 0.29) is 33.9 Å². The number of rotatable bonds is 5. The van der Waals surface area contributed by atoms with E-state index in [4.69, 9.17) is 14.5 Å². The van der Waals surface area contributed by atoms with Gasteiger partial charge in [0.25, 0.3) is 0 Å². The first-order valence-electron chi connectivity index (χ1n) is 14.8. The maximum absolute atomic E-state index is 16.6. The van der Waals surface area contributed by atoms with Crippen molar-refractivity contribution in [2.45, 2.75) is 44.1 Å². The van der Waals surface area contributed by atoms with Crippen LogP contribution in [0.2, 0.25) is 0 Å². The highest BCUT2D eigenvalue weighted by Gasteiger charge is 2.45. The second-order valence-corrected chi connectivity index (χ2v) is 12.5. The van der Waals surface area contributed by atoms with Gasteiger partial charge < -0.3 is 19.5 Å². The van der Waals surface area contributed by atoms with Gasteiger partial charge in [-0.1, -0.05) is 24.3 Å². The van der Waals surface area contributed by atoms with E-state index in [2.05, 4.69) is 19.8 Å². The summed E-state index contributed by atoms with van der Waals surface area (Å²) in [5.74, 6) is 0.194. The minimum atomic E-state index is -0.535. The van der Waals surface area contributed by atoms with Crippen molar-refractivity contribution in [2.75, 3.05) is 50.9 Å². The van der Waals surface area contributed by atoms with Crippen molar-refractivity contribution in [2.24, 2.45) is 5.41 Å². The summed E-state index contributed by atoms with van der Waals surface area (Å²) in [5.41, 5.74) is 1.02. The maximum atomic E-state index is 16.6. The molecule has 1 N–H and O–H groups in total. The van der Waals surface area contributed by atoms with Gasteiger partial charge in [-0.2, -0.15) is 9.97 Å². The van der Waals surface area contributed by atoms with E-state index in [0.29, 0.717) is 23.4 Å². The highest BCUT2D eigenvalue weighted by Crippen LogP contribution is 2.42. The average Bonchev–Trinajstić information content (AvgIpc) is 3.56. The number of ether oxygens (including phenoxy) is 2. The molecule has 0 saturated carbocycles. The van der Waals surface area contributed by atoms with Gasteiger partial charge in [-0.3, -0.25) is 9.88 Å². The number of piperidine rings is 1. The summed E-state index contributed by atoms with van der Waals surface area (Å²) in [5, 5.41) is 12.6. The predicted molar refractivity (Wildman–Crippen MR) is 155 cm³/mol. The molecule has 0 atom stereocenters. The van der Waals surface area contributed by atoms with Crippen molar-refractivity contribution in [3.05, 3.63) is 48.4 Å². The van der Waals surface area contributed by atoms with Crippen molar-refractivity contribution in [3.8, 4) is 23.0 Å². The van der Waals surface area contributed by atoms with Crippen LogP contribution in [0.1, 0.15) is 38.5 Å². The molecule has 41 heavy (non-hydrogen) atoms. The second-order valence-electron chi connectivity index (χ2n) is 12.5. The van der Waals surface area contributed by atoms with E-state index in [1.165, 1.54) is 12.8 Å². The molecule has 0 amide bonds. The molecule has 8 nitrogen and oxygen atoms in total. The van der Waals surface area contributed by atoms with Gasteiger partial charge in [0.05, 0.1) is 24.1 Å². The van der Waals surface area contributed by atoms with Crippen LogP contribution in [0.15, 0.2) is 42.6 Å². The molecule has 2 aromatic carbocycles. The lowest BCUT2D eigenvalue weighted by molar-refractivity contribution is -0.117. The van der Waals surface area contributed by atoms with Gasteiger partial charge in [0.2, 0.25) is 0 Å². The van der Waals surface area contributed by atoms with E-state index in [0.717, 1.165) is 75.8 Å². The number of pyridine rings is 1. The summed E-state index contributed by atoms with van der Waals surface area (Å²) >= 11 is 0. The number of nitrogens with zero attached hydrogens (tertiary/aromatic N) is 5. The Bertz CT molecular complexity index is 1650. The Morgan fingerprint density at radius 2 is 1.78 bits per heavy atom. The van der Waals surface area contributed by atoms with Gasteiger partial charge in [-0.15, -0.1) is 0 Å². The number of hydrogen-bond acceptors (Lipinski definition) is 8. The highest BCUT2D eigenvalue weighted by molar-refractivity contribution is 5.99. The van der Waals surface area contributed by atoms with Crippen molar-refractivity contribution >= 4 is 27.5 Å². The molecule has 4 aliphatic heterocycles. The molecular weight excluding hydrogens is 521 g/mol. The zero-order valence-corrected chi connectivity index (χ0v) is 23.1. The zero-order valence-electron chi connectivity index (χ0n) is 23.1. The summed E-state index contributed by atoms with van der Waals surface area (Å²) < 4.78 is 28.6. The Morgan fingerprint density at radius 1 is 0.976 bits per heavy atom. The number of aromatic nitrogens is 3. The molecule has 8 rings (SSSR count). The summed E-state index contributed by atoms with van der Waals surface area (Å²) in [6, 6.07) is 11.1. The lowest BCUT2D eigenvalue weighted by Crippen LogP contribution is -2.54. The molecule has 0 bridgehead atoms. The van der Waals surface area contributed by atoms with Gasteiger partial charge in [0.15, 0.2) is 5.82 Å². The van der Waals surface area contributed by atoms with Gasteiger partial charge in [-0.25, -0.2) is 4.39 Å². The molecule has 0 aliphatic carbocycles. The van der Waals surface area contributed by atoms with Crippen molar-refractivity contribution in [1.82, 2.24) is 19.9 Å². The van der Waals surface area contributed by atoms with Crippen LogP contribution in [-0.4, -0.2) is 76.5 Å². The summed E-state index contributed by atoms with van der Waals surface area (Å²) in [6.45, 7) is 5.83. The fourth-order valence-electron chi connectivity index (χ4n) is 7.68. The third kappa shape index (κ3) is 4.12. The minimum absolute atomic E-state index is 0.0271. The molecule has 4 aromatic rings. The quantitative estimate of drug-likeness (QED) is 0.355. The number of anilines is 1. The van der Waals surface area contributed by atoms with Crippen molar-refractivity contribution in [3.63, 3.8) is 0 Å². The van der Waals surface area contributed by atoms with Crippen LogP contribution < -0.4 is 9.64 Å². The Morgan fingerprint density at radius 3 is 2.59 bits per heavy atom. The van der Waals surface area contributed by atoms with E-state index < -0.39 is 5.82 Å². The van der Waals surface area contributed by atoms with Crippen LogP contribution in [0.5, 0.6) is 11.8 Å². The summed E-state index contributed by atoms with van der Waals surface area (Å²) in [4.78, 5) is 19.0. The fraction of sp³-hybridized carbons (Fsp3) is 0.469. The number of phenolic OH excluding ortho intramolecular Hbond substituents is 1. The predicted octanol–water partition coefficient (Wildman–Crippen LogP) is 5.31. The number of hydrogen-bond donors (Lipinski definition) is 1. The first kappa shape index (κ1) is 25.2. The fourth-order valence-corrected chi connectivity index (χ4v) is 7.68. The van der Waals surface area contributed by atoms with E-state index in [1.54, 1.807) is 18.3 Å². The van der Waals surface area contributed by atoms with Crippen LogP contribution in [0.25, 0.3) is 32.9 Å².